The van der Waals surface area contributed by atoms with E-state index in [-0.39, 0.29) is 5.41 Å². The van der Waals surface area contributed by atoms with Crippen LogP contribution in [0.15, 0.2) is 6.20 Å². The van der Waals surface area contributed by atoms with E-state index in [0.717, 1.165) is 25.1 Å². The van der Waals surface area contributed by atoms with Gasteiger partial charge in [-0.05, 0) is 24.8 Å². The summed E-state index contributed by atoms with van der Waals surface area (Å²) in [6.45, 7) is 10.00. The normalized spacial score (nSPS) is 13.7. The van der Waals surface area contributed by atoms with Crippen LogP contribution in [0, 0.1) is 5.41 Å². The number of methoxy groups -OCH3 is 1. The largest absolute Gasteiger partial charge is 0.493 e. The minimum Gasteiger partial charge on any atom is -0.493 e. The van der Waals surface area contributed by atoms with E-state index < -0.39 is 0 Å². The van der Waals surface area contributed by atoms with Crippen LogP contribution in [0.1, 0.15) is 39.8 Å². The quantitative estimate of drug-likeness (QED) is 0.846. The topological polar surface area (TPSA) is 39.1 Å². The molecule has 1 N–H and O–H groups in total. The lowest BCUT2D eigenvalue weighted by Gasteiger charge is -2.31. The first-order valence-electron chi connectivity index (χ1n) is 6.68. The summed E-state index contributed by atoms with van der Waals surface area (Å²) in [5.41, 5.74) is 1.44. The smallest absolute Gasteiger partial charge is 0.159 e. The number of aryl methyl sites for hydroxylation is 1. The third-order valence-electron chi connectivity index (χ3n) is 3.41. The Balaban J connectivity index is 2.69. The summed E-state index contributed by atoms with van der Waals surface area (Å²) in [4.78, 5) is 0. The van der Waals surface area contributed by atoms with Gasteiger partial charge in [0.25, 0.3) is 0 Å². The van der Waals surface area contributed by atoms with Gasteiger partial charge in [-0.2, -0.15) is 5.10 Å². The third-order valence-corrected chi connectivity index (χ3v) is 3.41. The van der Waals surface area contributed by atoms with Gasteiger partial charge in [0.2, 0.25) is 0 Å². The SMILES string of the molecule is CCNC(CCc1c(OC)cnn1C)C(C)(C)C. The molecule has 0 saturated heterocycles. The van der Waals surface area contributed by atoms with Crippen molar-refractivity contribution in [2.24, 2.45) is 12.5 Å². The molecule has 0 spiro atoms. The Kier molecular flexibility index (Phi) is 5.20. The highest BCUT2D eigenvalue weighted by Gasteiger charge is 2.24. The molecule has 18 heavy (non-hydrogen) atoms. The third kappa shape index (κ3) is 3.73. The predicted octanol–water partition coefficient (Wildman–Crippen LogP) is 2.39. The second-order valence-corrected chi connectivity index (χ2v) is 5.80. The molecule has 1 atom stereocenters. The Hall–Kier alpha value is -1.03. The summed E-state index contributed by atoms with van der Waals surface area (Å²) in [7, 11) is 3.67. The van der Waals surface area contributed by atoms with E-state index in [1.54, 1.807) is 13.3 Å². The lowest BCUT2D eigenvalue weighted by Crippen LogP contribution is -2.40. The maximum absolute atomic E-state index is 5.34. The van der Waals surface area contributed by atoms with Crippen LogP contribution in [-0.4, -0.2) is 29.5 Å². The molecule has 0 fully saturated rings. The average Bonchev–Trinajstić information content (AvgIpc) is 2.64. The number of nitrogens with one attached hydrogen (secondary N) is 1. The number of nitrogens with zero attached hydrogens (tertiary/aromatic N) is 2. The molecule has 4 heteroatoms. The number of hydrogen-bond acceptors (Lipinski definition) is 3. The predicted molar refractivity (Wildman–Crippen MR) is 75.0 cm³/mol. The monoisotopic (exact) mass is 253 g/mol. The average molecular weight is 253 g/mol. The van der Waals surface area contributed by atoms with Gasteiger partial charge in [-0.1, -0.05) is 27.7 Å². The highest BCUT2D eigenvalue weighted by atomic mass is 16.5. The second kappa shape index (κ2) is 6.23. The van der Waals surface area contributed by atoms with Gasteiger partial charge < -0.3 is 10.1 Å². The first-order valence-corrected chi connectivity index (χ1v) is 6.68. The first-order chi connectivity index (χ1) is 8.40. The van der Waals surface area contributed by atoms with Gasteiger partial charge in [0.1, 0.15) is 0 Å². The zero-order chi connectivity index (χ0) is 13.8. The number of ether oxygens (including phenoxy) is 1. The number of aromatic nitrogens is 2. The van der Waals surface area contributed by atoms with Crippen LogP contribution in [0.2, 0.25) is 0 Å². The summed E-state index contributed by atoms with van der Waals surface area (Å²) < 4.78 is 7.25. The van der Waals surface area contributed by atoms with Gasteiger partial charge in [0.15, 0.2) is 5.75 Å². The molecular formula is C14H27N3O. The molecule has 1 rings (SSSR count). The molecule has 0 radical (unpaired) electrons. The van der Waals surface area contributed by atoms with E-state index in [1.165, 1.54) is 5.69 Å². The summed E-state index contributed by atoms with van der Waals surface area (Å²) in [6, 6.07) is 0.502. The van der Waals surface area contributed by atoms with Crippen molar-refractivity contribution < 1.29 is 4.74 Å². The fourth-order valence-electron chi connectivity index (χ4n) is 2.27. The summed E-state index contributed by atoms with van der Waals surface area (Å²) in [5, 5.41) is 7.82. The van der Waals surface area contributed by atoms with Crippen molar-refractivity contribution in [3.8, 4) is 5.75 Å². The van der Waals surface area contributed by atoms with E-state index in [4.69, 9.17) is 4.74 Å². The molecule has 1 unspecified atom stereocenters. The van der Waals surface area contributed by atoms with Crippen molar-refractivity contribution in [1.82, 2.24) is 15.1 Å². The van der Waals surface area contributed by atoms with E-state index in [0.29, 0.717) is 6.04 Å². The molecule has 104 valence electrons. The van der Waals surface area contributed by atoms with Crippen molar-refractivity contribution in [3.05, 3.63) is 11.9 Å². The molecule has 0 amide bonds. The van der Waals surface area contributed by atoms with Crippen LogP contribution in [0.3, 0.4) is 0 Å². The summed E-state index contributed by atoms with van der Waals surface area (Å²) >= 11 is 0. The van der Waals surface area contributed by atoms with Crippen LogP contribution in [0.5, 0.6) is 5.75 Å². The molecular weight excluding hydrogens is 226 g/mol. The Morgan fingerprint density at radius 3 is 2.61 bits per heavy atom. The number of hydrogen-bond donors (Lipinski definition) is 1. The molecule has 0 aliphatic rings. The van der Waals surface area contributed by atoms with Crippen LogP contribution < -0.4 is 10.1 Å². The van der Waals surface area contributed by atoms with E-state index in [9.17, 15) is 0 Å². The van der Waals surface area contributed by atoms with Crippen molar-refractivity contribution in [2.75, 3.05) is 13.7 Å². The summed E-state index contributed by atoms with van der Waals surface area (Å²) in [6.07, 6.45) is 3.86. The van der Waals surface area contributed by atoms with Gasteiger partial charge in [-0.25, -0.2) is 0 Å². The molecule has 0 saturated carbocycles. The molecule has 0 aromatic carbocycles. The minimum atomic E-state index is 0.266. The highest BCUT2D eigenvalue weighted by molar-refractivity contribution is 5.25. The molecule has 1 aromatic rings. The fourth-order valence-corrected chi connectivity index (χ4v) is 2.27. The minimum absolute atomic E-state index is 0.266. The van der Waals surface area contributed by atoms with E-state index >= 15 is 0 Å². The Morgan fingerprint density at radius 2 is 2.11 bits per heavy atom. The number of rotatable bonds is 6. The Morgan fingerprint density at radius 1 is 1.44 bits per heavy atom. The fraction of sp³-hybridized carbons (Fsp3) is 0.786. The second-order valence-electron chi connectivity index (χ2n) is 5.80. The Labute approximate surface area is 111 Å². The zero-order valence-corrected chi connectivity index (χ0v) is 12.6. The van der Waals surface area contributed by atoms with Crippen molar-refractivity contribution in [1.29, 1.82) is 0 Å². The van der Waals surface area contributed by atoms with E-state index in [1.807, 2.05) is 11.7 Å². The maximum atomic E-state index is 5.34. The molecule has 0 bridgehead atoms. The molecule has 0 aliphatic carbocycles. The van der Waals surface area contributed by atoms with Gasteiger partial charge >= 0.3 is 0 Å². The van der Waals surface area contributed by atoms with Crippen molar-refractivity contribution in [2.45, 2.75) is 46.6 Å². The highest BCUT2D eigenvalue weighted by Crippen LogP contribution is 2.25. The van der Waals surface area contributed by atoms with Crippen LogP contribution in [0.4, 0.5) is 0 Å². The van der Waals surface area contributed by atoms with Gasteiger partial charge in [-0.3, -0.25) is 4.68 Å². The van der Waals surface area contributed by atoms with Gasteiger partial charge in [0.05, 0.1) is 19.0 Å². The first kappa shape index (κ1) is 15.0. The zero-order valence-electron chi connectivity index (χ0n) is 12.6. The molecule has 4 nitrogen and oxygen atoms in total. The molecule has 0 aliphatic heterocycles. The molecule has 1 heterocycles. The maximum Gasteiger partial charge on any atom is 0.159 e. The lowest BCUT2D eigenvalue weighted by molar-refractivity contribution is 0.256. The lowest BCUT2D eigenvalue weighted by atomic mass is 9.83. The van der Waals surface area contributed by atoms with Crippen molar-refractivity contribution >= 4 is 0 Å². The van der Waals surface area contributed by atoms with Gasteiger partial charge in [-0.15, -0.1) is 0 Å². The van der Waals surface area contributed by atoms with Crippen LogP contribution >= 0.6 is 0 Å². The summed E-state index contributed by atoms with van der Waals surface area (Å²) in [5.74, 6) is 0.890. The van der Waals surface area contributed by atoms with Crippen LogP contribution in [-0.2, 0) is 13.5 Å². The Bertz CT molecular complexity index is 366. The van der Waals surface area contributed by atoms with Crippen LogP contribution in [0.25, 0.3) is 0 Å². The van der Waals surface area contributed by atoms with Gasteiger partial charge in [0, 0.05) is 13.1 Å². The standard InChI is InChI=1S/C14H27N3O/c1-7-15-13(14(2,3)4)9-8-11-12(18-6)10-16-17(11)5/h10,13,15H,7-9H2,1-6H3. The molecule has 1 aromatic heterocycles. The van der Waals surface area contributed by atoms with Crippen molar-refractivity contribution in [3.63, 3.8) is 0 Å². The van der Waals surface area contributed by atoms with E-state index in [2.05, 4.69) is 38.1 Å².